The van der Waals surface area contributed by atoms with Gasteiger partial charge >= 0.3 is 6.03 Å². The van der Waals surface area contributed by atoms with Gasteiger partial charge in [0.2, 0.25) is 0 Å². The second-order valence-electron chi connectivity index (χ2n) is 5.22. The Bertz CT molecular complexity index is 494. The smallest absolute Gasteiger partial charge is 0.314 e. The summed E-state index contributed by atoms with van der Waals surface area (Å²) in [7, 11) is 0. The molecule has 1 unspecified atom stereocenters. The van der Waals surface area contributed by atoms with E-state index in [9.17, 15) is 4.79 Å². The molecule has 2 heterocycles. The average Bonchev–Trinajstić information content (AvgIpc) is 2.45. The Morgan fingerprint density at radius 2 is 2.38 bits per heavy atom. The SMILES string of the molecule is CCOCc1nc(C)cc(NC2CCCN(C(N)=O)C2)n1. The molecular weight excluding hydrogens is 270 g/mol. The van der Waals surface area contributed by atoms with Crippen molar-refractivity contribution in [2.45, 2.75) is 39.3 Å². The van der Waals surface area contributed by atoms with Gasteiger partial charge in [-0.05, 0) is 26.7 Å². The van der Waals surface area contributed by atoms with E-state index in [1.807, 2.05) is 19.9 Å². The number of hydrogen-bond acceptors (Lipinski definition) is 5. The summed E-state index contributed by atoms with van der Waals surface area (Å²) in [6.07, 6.45) is 1.93. The molecule has 0 saturated carbocycles. The molecule has 2 amide bonds. The Labute approximate surface area is 124 Å². The number of primary amides is 1. The number of likely N-dealkylation sites (tertiary alicyclic amines) is 1. The van der Waals surface area contributed by atoms with Gasteiger partial charge in [0.1, 0.15) is 12.4 Å². The maximum atomic E-state index is 11.3. The molecule has 1 aromatic heterocycles. The van der Waals surface area contributed by atoms with Crippen LogP contribution in [0.5, 0.6) is 0 Å². The Kier molecular flexibility index (Phi) is 5.32. The van der Waals surface area contributed by atoms with Gasteiger partial charge in [-0.25, -0.2) is 14.8 Å². The van der Waals surface area contributed by atoms with Gasteiger partial charge in [0.05, 0.1) is 0 Å². The van der Waals surface area contributed by atoms with E-state index < -0.39 is 0 Å². The van der Waals surface area contributed by atoms with Crippen molar-refractivity contribution in [2.24, 2.45) is 5.73 Å². The number of aromatic nitrogens is 2. The number of carbonyl (C=O) groups excluding carboxylic acids is 1. The van der Waals surface area contributed by atoms with Gasteiger partial charge in [0, 0.05) is 37.5 Å². The first kappa shape index (κ1) is 15.5. The van der Waals surface area contributed by atoms with Crippen LogP contribution in [0.4, 0.5) is 10.6 Å². The average molecular weight is 293 g/mol. The minimum Gasteiger partial charge on any atom is -0.374 e. The summed E-state index contributed by atoms with van der Waals surface area (Å²) in [5.41, 5.74) is 6.24. The van der Waals surface area contributed by atoms with Gasteiger partial charge in [0.25, 0.3) is 0 Å². The fourth-order valence-electron chi connectivity index (χ4n) is 2.47. The lowest BCUT2D eigenvalue weighted by molar-refractivity contribution is 0.128. The Hall–Kier alpha value is -1.89. The molecule has 0 bridgehead atoms. The highest BCUT2D eigenvalue weighted by Crippen LogP contribution is 2.15. The van der Waals surface area contributed by atoms with E-state index in [2.05, 4.69) is 15.3 Å². The van der Waals surface area contributed by atoms with Crippen LogP contribution in [-0.2, 0) is 11.3 Å². The summed E-state index contributed by atoms with van der Waals surface area (Å²) >= 11 is 0. The molecule has 116 valence electrons. The zero-order chi connectivity index (χ0) is 15.2. The summed E-state index contributed by atoms with van der Waals surface area (Å²) in [6, 6.07) is 1.71. The van der Waals surface area contributed by atoms with Crippen molar-refractivity contribution >= 4 is 11.8 Å². The van der Waals surface area contributed by atoms with Crippen molar-refractivity contribution in [3.05, 3.63) is 17.6 Å². The summed E-state index contributed by atoms with van der Waals surface area (Å²) in [5.74, 6) is 1.44. The van der Waals surface area contributed by atoms with E-state index in [4.69, 9.17) is 10.5 Å². The van der Waals surface area contributed by atoms with Crippen LogP contribution in [-0.4, -0.2) is 46.6 Å². The first-order valence-corrected chi connectivity index (χ1v) is 7.31. The third kappa shape index (κ3) is 4.56. The number of amides is 2. The summed E-state index contributed by atoms with van der Waals surface area (Å²) in [6.45, 7) is 6.25. The van der Waals surface area contributed by atoms with Crippen LogP contribution in [0.1, 0.15) is 31.3 Å². The van der Waals surface area contributed by atoms with Crippen LogP contribution < -0.4 is 11.1 Å². The highest BCUT2D eigenvalue weighted by atomic mass is 16.5. The molecule has 7 heteroatoms. The number of anilines is 1. The summed E-state index contributed by atoms with van der Waals surface area (Å²) in [5, 5.41) is 3.37. The van der Waals surface area contributed by atoms with E-state index in [1.165, 1.54) is 0 Å². The molecule has 3 N–H and O–H groups in total. The molecule has 0 spiro atoms. The monoisotopic (exact) mass is 293 g/mol. The quantitative estimate of drug-likeness (QED) is 0.853. The third-order valence-electron chi connectivity index (χ3n) is 3.42. The van der Waals surface area contributed by atoms with Crippen LogP contribution in [0.2, 0.25) is 0 Å². The fourth-order valence-corrected chi connectivity index (χ4v) is 2.47. The minimum atomic E-state index is -0.364. The van der Waals surface area contributed by atoms with Gasteiger partial charge < -0.3 is 20.7 Å². The summed E-state index contributed by atoms with van der Waals surface area (Å²) < 4.78 is 5.35. The maximum Gasteiger partial charge on any atom is 0.314 e. The van der Waals surface area contributed by atoms with E-state index >= 15 is 0 Å². The molecule has 2 rings (SSSR count). The fraction of sp³-hybridized carbons (Fsp3) is 0.643. The number of carbonyl (C=O) groups is 1. The molecule has 1 aliphatic rings. The number of nitrogens with zero attached hydrogens (tertiary/aromatic N) is 3. The highest BCUT2D eigenvalue weighted by molar-refractivity contribution is 5.72. The van der Waals surface area contributed by atoms with E-state index in [1.54, 1.807) is 4.90 Å². The molecule has 1 aromatic rings. The number of rotatable bonds is 5. The number of ether oxygens (including phenoxy) is 1. The largest absolute Gasteiger partial charge is 0.374 e. The van der Waals surface area contributed by atoms with Crippen LogP contribution in [0.3, 0.4) is 0 Å². The predicted octanol–water partition coefficient (Wildman–Crippen LogP) is 1.28. The lowest BCUT2D eigenvalue weighted by atomic mass is 10.1. The lowest BCUT2D eigenvalue weighted by Gasteiger charge is -2.32. The predicted molar refractivity (Wildman–Crippen MR) is 79.9 cm³/mol. The molecule has 1 aliphatic heterocycles. The first-order valence-electron chi connectivity index (χ1n) is 7.31. The van der Waals surface area contributed by atoms with Crippen molar-refractivity contribution in [3.63, 3.8) is 0 Å². The molecule has 1 saturated heterocycles. The van der Waals surface area contributed by atoms with Crippen molar-refractivity contribution in [1.29, 1.82) is 0 Å². The van der Waals surface area contributed by atoms with Gasteiger partial charge in [-0.3, -0.25) is 0 Å². The van der Waals surface area contributed by atoms with E-state index in [0.717, 1.165) is 30.9 Å². The highest BCUT2D eigenvalue weighted by Gasteiger charge is 2.22. The third-order valence-corrected chi connectivity index (χ3v) is 3.42. The Morgan fingerprint density at radius 1 is 1.57 bits per heavy atom. The van der Waals surface area contributed by atoms with Crippen LogP contribution in [0.15, 0.2) is 6.07 Å². The Morgan fingerprint density at radius 3 is 3.10 bits per heavy atom. The van der Waals surface area contributed by atoms with Gasteiger partial charge in [-0.15, -0.1) is 0 Å². The molecule has 7 nitrogen and oxygen atoms in total. The molecule has 0 radical (unpaired) electrons. The van der Waals surface area contributed by atoms with Gasteiger partial charge in [0.15, 0.2) is 5.82 Å². The van der Waals surface area contributed by atoms with E-state index in [-0.39, 0.29) is 12.1 Å². The maximum absolute atomic E-state index is 11.3. The molecule has 0 aliphatic carbocycles. The molecule has 21 heavy (non-hydrogen) atoms. The van der Waals surface area contributed by atoms with Crippen molar-refractivity contribution in [2.75, 3.05) is 25.0 Å². The molecule has 1 fully saturated rings. The number of hydrogen-bond donors (Lipinski definition) is 2. The van der Waals surface area contributed by atoms with Gasteiger partial charge in [-0.2, -0.15) is 0 Å². The second kappa shape index (κ2) is 7.21. The van der Waals surface area contributed by atoms with Crippen molar-refractivity contribution < 1.29 is 9.53 Å². The molecule has 1 atom stereocenters. The molecule has 0 aromatic carbocycles. The van der Waals surface area contributed by atoms with Crippen LogP contribution in [0.25, 0.3) is 0 Å². The normalized spacial score (nSPS) is 18.6. The number of piperidine rings is 1. The number of nitrogens with one attached hydrogen (secondary N) is 1. The zero-order valence-electron chi connectivity index (χ0n) is 12.6. The number of urea groups is 1. The van der Waals surface area contributed by atoms with Crippen LogP contribution >= 0.6 is 0 Å². The number of aryl methyl sites for hydroxylation is 1. The minimum absolute atomic E-state index is 0.167. The Balaban J connectivity index is 2.01. The standard InChI is InChI=1S/C14H23N5O2/c1-3-21-9-13-16-10(2)7-12(18-13)17-11-5-4-6-19(8-11)14(15)20/h7,11H,3-6,8-9H2,1-2H3,(H2,15,20)(H,16,17,18). The topological polar surface area (TPSA) is 93.4 Å². The van der Waals surface area contributed by atoms with Crippen LogP contribution in [0, 0.1) is 6.92 Å². The molecular formula is C14H23N5O2. The van der Waals surface area contributed by atoms with Crippen molar-refractivity contribution in [1.82, 2.24) is 14.9 Å². The zero-order valence-corrected chi connectivity index (χ0v) is 12.6. The lowest BCUT2D eigenvalue weighted by Crippen LogP contribution is -2.47. The van der Waals surface area contributed by atoms with Crippen molar-refractivity contribution in [3.8, 4) is 0 Å². The first-order chi connectivity index (χ1) is 10.1. The van der Waals surface area contributed by atoms with E-state index in [0.29, 0.717) is 25.6 Å². The second-order valence-corrected chi connectivity index (χ2v) is 5.22. The number of nitrogens with two attached hydrogens (primary N) is 1. The summed E-state index contributed by atoms with van der Waals surface area (Å²) in [4.78, 5) is 21.7. The van der Waals surface area contributed by atoms with Gasteiger partial charge in [-0.1, -0.05) is 0 Å².